The van der Waals surface area contributed by atoms with Gasteiger partial charge in [0.2, 0.25) is 23.2 Å². The molecule has 3 heterocycles. The van der Waals surface area contributed by atoms with Crippen molar-refractivity contribution in [3.05, 3.63) is 41.3 Å². The Morgan fingerprint density at radius 2 is 2.12 bits per heavy atom. The first kappa shape index (κ1) is 21.6. The number of nitrogens with one attached hydrogen (secondary N) is 1. The van der Waals surface area contributed by atoms with Crippen molar-refractivity contribution in [3.63, 3.8) is 0 Å². The molecule has 0 radical (unpaired) electrons. The van der Waals surface area contributed by atoms with Crippen molar-refractivity contribution >= 4 is 54.2 Å². The zero-order valence-corrected chi connectivity index (χ0v) is 18.4. The summed E-state index contributed by atoms with van der Waals surface area (Å²) in [6.45, 7) is 2.91. The van der Waals surface area contributed by atoms with Crippen molar-refractivity contribution in [1.82, 2.24) is 29.5 Å². The number of aliphatic hydroxyl groups is 1. The van der Waals surface area contributed by atoms with Crippen molar-refractivity contribution in [3.8, 4) is 0 Å². The number of tetrazole rings is 1. The van der Waals surface area contributed by atoms with Gasteiger partial charge in [0.15, 0.2) is 0 Å². The quantitative estimate of drug-likeness (QED) is 0.448. The average Bonchev–Trinajstić information content (AvgIpc) is 3.31. The number of rotatable bonds is 6. The molecule has 1 aromatic carbocycles. The minimum absolute atomic E-state index is 0.152. The van der Waals surface area contributed by atoms with Crippen LogP contribution in [0.1, 0.15) is 24.8 Å². The lowest BCUT2D eigenvalue weighted by Crippen LogP contribution is -2.43. The highest BCUT2D eigenvalue weighted by atomic mass is 32.2. The normalized spacial score (nSPS) is 18.5. The highest BCUT2D eigenvalue weighted by molar-refractivity contribution is 7.97. The lowest BCUT2D eigenvalue weighted by atomic mass is 10.1. The monoisotopic (exact) mass is 475 g/mol. The molecule has 2 aliphatic rings. The molecule has 13 nitrogen and oxygen atoms in total. The lowest BCUT2D eigenvalue weighted by Gasteiger charge is -2.34. The topological polar surface area (TPSA) is 161 Å². The molecule has 0 saturated heterocycles. The largest absolute Gasteiger partial charge is 0.493 e. The molecule has 2 aliphatic heterocycles. The fraction of sp³-hybridized carbons (Fsp3) is 0.235. The predicted molar refractivity (Wildman–Crippen MR) is 118 cm³/mol. The van der Waals surface area contributed by atoms with Crippen LogP contribution < -0.4 is 5.32 Å². The van der Waals surface area contributed by atoms with Crippen molar-refractivity contribution in [1.29, 1.82) is 0 Å². The SMILES string of the molecule is CC(=O)Nc1cccc(C(Sn2nnc(S)n2)N2C=NN3C(O)=C(C(=O)O)C(C)=NC32)c1. The van der Waals surface area contributed by atoms with Gasteiger partial charge < -0.3 is 20.4 Å². The Bertz CT molecular complexity index is 1180. The first-order valence-corrected chi connectivity index (χ1v) is 10.4. The van der Waals surface area contributed by atoms with E-state index in [1.54, 1.807) is 23.1 Å². The number of benzene rings is 1. The lowest BCUT2D eigenvalue weighted by molar-refractivity contribution is -0.132. The van der Waals surface area contributed by atoms with E-state index in [-0.39, 0.29) is 22.3 Å². The second-order valence-corrected chi connectivity index (χ2v) is 8.08. The van der Waals surface area contributed by atoms with Gasteiger partial charge in [0.05, 0.1) is 5.71 Å². The molecule has 2 atom stereocenters. The van der Waals surface area contributed by atoms with Gasteiger partial charge in [-0.2, -0.15) is 10.1 Å². The summed E-state index contributed by atoms with van der Waals surface area (Å²) in [4.78, 5) is 29.1. The number of carbonyl (C=O) groups excluding carboxylic acids is 1. The number of nitrogens with zero attached hydrogens (tertiary/aromatic N) is 8. The summed E-state index contributed by atoms with van der Waals surface area (Å²) in [5.41, 5.74) is 1.14. The predicted octanol–water partition coefficient (Wildman–Crippen LogP) is 1.29. The zero-order chi connectivity index (χ0) is 23.0. The van der Waals surface area contributed by atoms with Gasteiger partial charge in [0.25, 0.3) is 0 Å². The third-order valence-corrected chi connectivity index (χ3v) is 5.70. The van der Waals surface area contributed by atoms with E-state index in [9.17, 15) is 19.8 Å². The van der Waals surface area contributed by atoms with Crippen molar-refractivity contribution in [2.24, 2.45) is 10.1 Å². The van der Waals surface area contributed by atoms with Crippen LogP contribution in [0.4, 0.5) is 5.69 Å². The van der Waals surface area contributed by atoms with Crippen LogP contribution in [0.25, 0.3) is 0 Å². The van der Waals surface area contributed by atoms with Gasteiger partial charge >= 0.3 is 5.97 Å². The number of carboxylic acids is 1. The van der Waals surface area contributed by atoms with Crippen LogP contribution in [-0.4, -0.2) is 70.0 Å². The van der Waals surface area contributed by atoms with Crippen LogP contribution >= 0.6 is 24.6 Å². The van der Waals surface area contributed by atoms with E-state index in [1.807, 2.05) is 6.07 Å². The van der Waals surface area contributed by atoms with Gasteiger partial charge in [-0.15, -0.1) is 10.2 Å². The number of amides is 1. The van der Waals surface area contributed by atoms with E-state index in [1.165, 1.54) is 24.4 Å². The first-order chi connectivity index (χ1) is 15.2. The molecule has 0 spiro atoms. The Hall–Kier alpha value is -3.59. The van der Waals surface area contributed by atoms with Gasteiger partial charge in [-0.1, -0.05) is 29.0 Å². The number of aliphatic hydroxyl groups excluding tert-OH is 1. The number of hydrogen-bond acceptors (Lipinski definition) is 12. The van der Waals surface area contributed by atoms with Gasteiger partial charge in [-0.25, -0.2) is 9.79 Å². The van der Waals surface area contributed by atoms with E-state index < -0.39 is 23.5 Å². The Labute approximate surface area is 191 Å². The Balaban J connectivity index is 1.73. The van der Waals surface area contributed by atoms with Crippen LogP contribution in [0, 0.1) is 0 Å². The maximum absolute atomic E-state index is 11.5. The number of hydrogen-bond donors (Lipinski definition) is 4. The molecular weight excluding hydrogens is 458 g/mol. The number of aliphatic imine (C=N–C) groups is 1. The second kappa shape index (κ2) is 8.51. The molecule has 2 aromatic rings. The van der Waals surface area contributed by atoms with E-state index in [4.69, 9.17) is 0 Å². The number of thiol groups is 1. The number of aliphatic carboxylic acids is 1. The van der Waals surface area contributed by atoms with E-state index in [0.717, 1.165) is 22.5 Å². The van der Waals surface area contributed by atoms with E-state index in [0.29, 0.717) is 5.69 Å². The third-order valence-electron chi connectivity index (χ3n) is 4.46. The minimum Gasteiger partial charge on any atom is -0.493 e. The molecule has 1 aromatic heterocycles. The summed E-state index contributed by atoms with van der Waals surface area (Å²) in [6.07, 6.45) is 0.586. The van der Waals surface area contributed by atoms with Crippen LogP contribution in [0.15, 0.2) is 51.0 Å². The van der Waals surface area contributed by atoms with Crippen molar-refractivity contribution in [2.45, 2.75) is 30.7 Å². The molecule has 32 heavy (non-hydrogen) atoms. The maximum Gasteiger partial charge on any atom is 0.343 e. The van der Waals surface area contributed by atoms with Gasteiger partial charge in [0.1, 0.15) is 17.3 Å². The van der Waals surface area contributed by atoms with Gasteiger partial charge in [-0.3, -0.25) is 4.79 Å². The van der Waals surface area contributed by atoms with E-state index in [2.05, 4.69) is 43.5 Å². The summed E-state index contributed by atoms with van der Waals surface area (Å²) in [5, 5.41) is 39.2. The summed E-state index contributed by atoms with van der Waals surface area (Å²) in [5.74, 6) is -2.04. The first-order valence-electron chi connectivity index (χ1n) is 9.10. The molecular formula is C17H17N9O4S2. The number of aromatic nitrogens is 4. The average molecular weight is 476 g/mol. The van der Waals surface area contributed by atoms with Crippen molar-refractivity contribution in [2.75, 3.05) is 5.32 Å². The summed E-state index contributed by atoms with van der Waals surface area (Å²) in [7, 11) is 0. The molecule has 0 aliphatic carbocycles. The Kier molecular flexibility index (Phi) is 5.75. The number of carboxylic acid groups (broad SMARTS) is 1. The summed E-state index contributed by atoms with van der Waals surface area (Å²) >= 11 is 5.22. The van der Waals surface area contributed by atoms with Crippen LogP contribution in [-0.2, 0) is 9.59 Å². The maximum atomic E-state index is 11.5. The molecule has 15 heteroatoms. The Morgan fingerprint density at radius 3 is 2.78 bits per heavy atom. The number of hydrazone groups is 1. The highest BCUT2D eigenvalue weighted by Gasteiger charge is 2.41. The fourth-order valence-electron chi connectivity index (χ4n) is 3.18. The van der Waals surface area contributed by atoms with Gasteiger partial charge in [-0.05, 0) is 29.8 Å². The number of carbonyl (C=O) groups is 2. The van der Waals surface area contributed by atoms with Crippen molar-refractivity contribution < 1.29 is 19.8 Å². The second-order valence-electron chi connectivity index (χ2n) is 6.69. The molecule has 0 bridgehead atoms. The van der Waals surface area contributed by atoms with Crippen LogP contribution in [0.5, 0.6) is 0 Å². The molecule has 166 valence electrons. The minimum atomic E-state index is -1.31. The molecule has 1 amide bonds. The highest BCUT2D eigenvalue weighted by Crippen LogP contribution is 2.39. The van der Waals surface area contributed by atoms with E-state index >= 15 is 0 Å². The number of fused-ring (bicyclic) bond motifs is 1. The van der Waals surface area contributed by atoms with Crippen LogP contribution in [0.2, 0.25) is 0 Å². The third kappa shape index (κ3) is 4.11. The van der Waals surface area contributed by atoms with Gasteiger partial charge in [0, 0.05) is 24.6 Å². The summed E-state index contributed by atoms with van der Waals surface area (Å²) < 4.78 is 1.27. The zero-order valence-electron chi connectivity index (χ0n) is 16.7. The standard InChI is InChI=1S/C17H17N9O4S2/c1-8-12(15(29)30)13(28)25-17(19-8)24(7-18-25)14(32-26-22-16(31)21-23-26)10-4-3-5-11(6-10)20-9(2)27/h3-7,14,17,28H,1-2H3,(H,20,27)(H,22,31)(H,29,30). The summed E-state index contributed by atoms with van der Waals surface area (Å²) in [6, 6.07) is 7.11. The molecule has 2 unspecified atom stereocenters. The smallest absolute Gasteiger partial charge is 0.343 e. The Morgan fingerprint density at radius 1 is 1.34 bits per heavy atom. The molecule has 0 saturated carbocycles. The molecule has 0 fully saturated rings. The fourth-order valence-corrected chi connectivity index (χ4v) is 4.29. The molecule has 3 N–H and O–H groups in total. The number of anilines is 1. The molecule has 4 rings (SSSR count). The van der Waals surface area contributed by atoms with Crippen LogP contribution in [0.3, 0.4) is 0 Å².